The lowest BCUT2D eigenvalue weighted by atomic mass is 10.0. The van der Waals surface area contributed by atoms with E-state index in [1.54, 1.807) is 0 Å². The van der Waals surface area contributed by atoms with Crippen LogP contribution in [0.3, 0.4) is 0 Å². The molecule has 1 heterocycles. The lowest BCUT2D eigenvalue weighted by molar-refractivity contribution is -0.131. The predicted molar refractivity (Wildman–Crippen MR) is 78.6 cm³/mol. The molecule has 2 aliphatic rings. The van der Waals surface area contributed by atoms with E-state index in [9.17, 15) is 13.6 Å². The standard InChI is InChI=1S/C16H16F2N2O3/c17-10-2-4-13(18)12(6-10)14-7-15(23-20-14)16(22)19-11-3-1-9(5-11)8-21/h1-4,6,9,11,15,21H,5,7-8H2,(H,19,22)/t9-,11+,15?/m0/s1. The van der Waals surface area contributed by atoms with E-state index in [0.717, 1.165) is 18.2 Å². The van der Waals surface area contributed by atoms with Crippen molar-refractivity contribution in [1.82, 2.24) is 5.32 Å². The van der Waals surface area contributed by atoms with Crippen molar-refractivity contribution in [1.29, 1.82) is 0 Å². The van der Waals surface area contributed by atoms with E-state index in [1.165, 1.54) is 0 Å². The molecule has 1 aliphatic carbocycles. The number of benzene rings is 1. The second kappa shape index (κ2) is 6.45. The van der Waals surface area contributed by atoms with Crippen molar-refractivity contribution in [2.45, 2.75) is 25.0 Å². The van der Waals surface area contributed by atoms with Gasteiger partial charge in [0.05, 0.1) is 5.71 Å². The second-order valence-electron chi connectivity index (χ2n) is 5.64. The fourth-order valence-corrected chi connectivity index (χ4v) is 2.69. The Hall–Kier alpha value is -2.28. The molecule has 0 saturated carbocycles. The number of carbonyl (C=O) groups excluding carboxylic acids is 1. The number of nitrogens with one attached hydrogen (secondary N) is 1. The molecule has 3 rings (SSSR count). The van der Waals surface area contributed by atoms with E-state index in [1.807, 2.05) is 12.2 Å². The fraction of sp³-hybridized carbons (Fsp3) is 0.375. The second-order valence-corrected chi connectivity index (χ2v) is 5.64. The molecule has 23 heavy (non-hydrogen) atoms. The van der Waals surface area contributed by atoms with Crippen molar-refractivity contribution in [3.63, 3.8) is 0 Å². The Labute approximate surface area is 131 Å². The number of aliphatic hydroxyl groups excluding tert-OH is 1. The fourth-order valence-electron chi connectivity index (χ4n) is 2.69. The van der Waals surface area contributed by atoms with Crippen molar-refractivity contribution in [3.05, 3.63) is 47.5 Å². The van der Waals surface area contributed by atoms with Crippen LogP contribution in [0.4, 0.5) is 8.78 Å². The van der Waals surface area contributed by atoms with Crippen molar-refractivity contribution < 1.29 is 23.5 Å². The van der Waals surface area contributed by atoms with Gasteiger partial charge in [-0.15, -0.1) is 0 Å². The van der Waals surface area contributed by atoms with Crippen LogP contribution in [0.25, 0.3) is 0 Å². The lowest BCUT2D eigenvalue weighted by Crippen LogP contribution is -2.40. The molecule has 0 radical (unpaired) electrons. The van der Waals surface area contributed by atoms with Crippen LogP contribution in [0.2, 0.25) is 0 Å². The Bertz CT molecular complexity index is 675. The van der Waals surface area contributed by atoms with Gasteiger partial charge >= 0.3 is 0 Å². The van der Waals surface area contributed by atoms with Gasteiger partial charge in [0.15, 0.2) is 0 Å². The average molecular weight is 322 g/mol. The molecule has 0 bridgehead atoms. The van der Waals surface area contributed by atoms with Gasteiger partial charge in [0.2, 0.25) is 6.10 Å². The van der Waals surface area contributed by atoms with Gasteiger partial charge in [-0.3, -0.25) is 4.79 Å². The summed E-state index contributed by atoms with van der Waals surface area (Å²) in [5.41, 5.74) is 0.207. The van der Waals surface area contributed by atoms with Gasteiger partial charge in [-0.25, -0.2) is 8.78 Å². The maximum absolute atomic E-state index is 13.7. The Morgan fingerprint density at radius 3 is 2.96 bits per heavy atom. The zero-order chi connectivity index (χ0) is 16.4. The normalized spacial score (nSPS) is 26.0. The van der Waals surface area contributed by atoms with E-state index in [-0.39, 0.29) is 42.2 Å². The van der Waals surface area contributed by atoms with Crippen LogP contribution in [0.15, 0.2) is 35.5 Å². The first-order chi connectivity index (χ1) is 11.1. The molecule has 0 saturated heterocycles. The number of hydrogen-bond donors (Lipinski definition) is 2. The summed E-state index contributed by atoms with van der Waals surface area (Å²) in [5, 5.41) is 15.6. The average Bonchev–Trinajstić information content (AvgIpc) is 3.18. The first-order valence-corrected chi connectivity index (χ1v) is 7.34. The van der Waals surface area contributed by atoms with Crippen molar-refractivity contribution in [3.8, 4) is 0 Å². The molecule has 0 fully saturated rings. The van der Waals surface area contributed by atoms with E-state index in [2.05, 4.69) is 10.5 Å². The maximum atomic E-state index is 13.7. The van der Waals surface area contributed by atoms with E-state index >= 15 is 0 Å². The van der Waals surface area contributed by atoms with Gasteiger partial charge in [-0.2, -0.15) is 0 Å². The summed E-state index contributed by atoms with van der Waals surface area (Å²) in [5.74, 6) is -1.52. The summed E-state index contributed by atoms with van der Waals surface area (Å²) in [6.45, 7) is 0.0366. The Morgan fingerprint density at radius 2 is 2.22 bits per heavy atom. The van der Waals surface area contributed by atoms with Crippen LogP contribution in [0.5, 0.6) is 0 Å². The molecular formula is C16H16F2N2O3. The molecule has 1 unspecified atom stereocenters. The topological polar surface area (TPSA) is 70.9 Å². The first-order valence-electron chi connectivity index (χ1n) is 7.34. The molecule has 5 nitrogen and oxygen atoms in total. The lowest BCUT2D eigenvalue weighted by Gasteiger charge is -2.15. The van der Waals surface area contributed by atoms with Crippen LogP contribution in [-0.4, -0.2) is 35.5 Å². The summed E-state index contributed by atoms with van der Waals surface area (Å²) < 4.78 is 27.0. The predicted octanol–water partition coefficient (Wildman–Crippen LogP) is 1.51. The highest BCUT2D eigenvalue weighted by Gasteiger charge is 2.32. The minimum absolute atomic E-state index is 0.00130. The zero-order valence-electron chi connectivity index (χ0n) is 12.2. The van der Waals surface area contributed by atoms with E-state index in [0.29, 0.717) is 6.42 Å². The highest BCUT2D eigenvalue weighted by atomic mass is 19.1. The quantitative estimate of drug-likeness (QED) is 0.826. The maximum Gasteiger partial charge on any atom is 0.264 e. The smallest absolute Gasteiger partial charge is 0.264 e. The van der Waals surface area contributed by atoms with Gasteiger partial charge in [-0.1, -0.05) is 17.3 Å². The SMILES string of the molecule is O=C(N[C@@H]1C=C[C@H](CO)C1)C1CC(c2cc(F)ccc2F)=NO1. The Balaban J connectivity index is 1.59. The highest BCUT2D eigenvalue weighted by Crippen LogP contribution is 2.21. The summed E-state index contributed by atoms with van der Waals surface area (Å²) >= 11 is 0. The largest absolute Gasteiger partial charge is 0.396 e. The summed E-state index contributed by atoms with van der Waals surface area (Å²) in [4.78, 5) is 17.2. The van der Waals surface area contributed by atoms with Crippen molar-refractivity contribution >= 4 is 11.6 Å². The third-order valence-electron chi connectivity index (χ3n) is 3.94. The number of rotatable bonds is 4. The molecule has 3 atom stereocenters. The van der Waals surface area contributed by atoms with Gasteiger partial charge in [0, 0.05) is 30.6 Å². The summed E-state index contributed by atoms with van der Waals surface area (Å²) in [7, 11) is 0. The summed E-state index contributed by atoms with van der Waals surface area (Å²) in [6, 6.07) is 2.89. The minimum atomic E-state index is -0.866. The molecule has 0 spiro atoms. The number of halogens is 2. The van der Waals surface area contributed by atoms with Gasteiger partial charge in [0.25, 0.3) is 5.91 Å². The van der Waals surface area contributed by atoms with Gasteiger partial charge < -0.3 is 15.3 Å². The summed E-state index contributed by atoms with van der Waals surface area (Å²) in [6.07, 6.45) is 3.51. The molecule has 7 heteroatoms. The molecule has 1 aromatic rings. The monoisotopic (exact) mass is 322 g/mol. The number of hydrogen-bond acceptors (Lipinski definition) is 4. The number of nitrogens with zero attached hydrogens (tertiary/aromatic N) is 1. The highest BCUT2D eigenvalue weighted by molar-refractivity contribution is 6.04. The number of aliphatic hydroxyl groups is 1. The molecule has 1 aliphatic heterocycles. The van der Waals surface area contributed by atoms with E-state index < -0.39 is 17.7 Å². The molecule has 2 N–H and O–H groups in total. The van der Waals surface area contributed by atoms with Crippen LogP contribution in [0, 0.1) is 17.6 Å². The Morgan fingerprint density at radius 1 is 1.39 bits per heavy atom. The van der Waals surface area contributed by atoms with E-state index in [4.69, 9.17) is 9.94 Å². The molecule has 1 amide bonds. The van der Waals surface area contributed by atoms with Crippen LogP contribution >= 0.6 is 0 Å². The zero-order valence-corrected chi connectivity index (χ0v) is 12.2. The molecule has 1 aromatic carbocycles. The van der Waals surface area contributed by atoms with Crippen LogP contribution < -0.4 is 5.32 Å². The van der Waals surface area contributed by atoms with Crippen molar-refractivity contribution in [2.75, 3.05) is 6.61 Å². The molecule has 0 aromatic heterocycles. The van der Waals surface area contributed by atoms with Crippen LogP contribution in [0.1, 0.15) is 18.4 Å². The van der Waals surface area contributed by atoms with Crippen molar-refractivity contribution in [2.24, 2.45) is 11.1 Å². The number of amides is 1. The Kier molecular flexibility index (Phi) is 4.38. The molecular weight excluding hydrogens is 306 g/mol. The number of carbonyl (C=O) groups is 1. The molecule has 122 valence electrons. The third-order valence-corrected chi connectivity index (χ3v) is 3.94. The third kappa shape index (κ3) is 3.39. The first kappa shape index (κ1) is 15.6. The number of oxime groups is 1. The van der Waals surface area contributed by atoms with Crippen LogP contribution in [-0.2, 0) is 9.63 Å². The minimum Gasteiger partial charge on any atom is -0.396 e. The van der Waals surface area contributed by atoms with Gasteiger partial charge in [0.1, 0.15) is 11.6 Å². The van der Waals surface area contributed by atoms with Gasteiger partial charge in [-0.05, 0) is 24.6 Å².